The molecule has 4 aromatic rings. The van der Waals surface area contributed by atoms with Crippen LogP contribution in [0.25, 0.3) is 22.6 Å². The molecule has 0 bridgehead atoms. The molecule has 5 heteroatoms. The Kier molecular flexibility index (Phi) is 6.03. The smallest absolute Gasteiger partial charge is 0.255 e. The van der Waals surface area contributed by atoms with Crippen LogP contribution >= 0.6 is 0 Å². The van der Waals surface area contributed by atoms with Crippen LogP contribution in [0.4, 0.5) is 5.69 Å². The minimum Gasteiger partial charge on any atom is -0.494 e. The number of anilines is 1. The Bertz CT molecular complexity index is 1210. The molecule has 0 aliphatic heterocycles. The Morgan fingerprint density at radius 3 is 2.71 bits per heavy atom. The second-order valence-corrected chi connectivity index (χ2v) is 7.55. The van der Waals surface area contributed by atoms with Gasteiger partial charge in [-0.1, -0.05) is 32.0 Å². The van der Waals surface area contributed by atoms with Crippen LogP contribution in [-0.4, -0.2) is 17.5 Å². The van der Waals surface area contributed by atoms with Crippen molar-refractivity contribution in [2.75, 3.05) is 11.9 Å². The third-order valence-corrected chi connectivity index (χ3v) is 5.37. The molecule has 3 aromatic carbocycles. The van der Waals surface area contributed by atoms with E-state index in [0.717, 1.165) is 23.1 Å². The van der Waals surface area contributed by atoms with E-state index in [4.69, 9.17) is 9.15 Å². The number of benzene rings is 3. The fourth-order valence-corrected chi connectivity index (χ4v) is 3.44. The average molecular weight is 415 g/mol. The van der Waals surface area contributed by atoms with Crippen LogP contribution in [0, 0.1) is 0 Å². The predicted octanol–water partition coefficient (Wildman–Crippen LogP) is 6.66. The van der Waals surface area contributed by atoms with Gasteiger partial charge in [-0.15, -0.1) is 0 Å². The van der Waals surface area contributed by atoms with Crippen LogP contribution in [0.3, 0.4) is 0 Å². The maximum absolute atomic E-state index is 12.7. The summed E-state index contributed by atoms with van der Waals surface area (Å²) in [4.78, 5) is 17.4. The highest BCUT2D eigenvalue weighted by atomic mass is 16.5. The summed E-state index contributed by atoms with van der Waals surface area (Å²) in [5.74, 6) is 1.48. The van der Waals surface area contributed by atoms with Crippen molar-refractivity contribution < 1.29 is 13.9 Å². The van der Waals surface area contributed by atoms with Crippen LogP contribution in [-0.2, 0) is 0 Å². The van der Waals surface area contributed by atoms with Gasteiger partial charge in [0.1, 0.15) is 11.3 Å². The molecule has 0 saturated heterocycles. The number of oxazole rings is 1. The maximum Gasteiger partial charge on any atom is 0.255 e. The summed E-state index contributed by atoms with van der Waals surface area (Å²) in [6.45, 7) is 6.85. The first kappa shape index (κ1) is 20.7. The zero-order chi connectivity index (χ0) is 21.8. The van der Waals surface area contributed by atoms with Crippen molar-refractivity contribution in [2.24, 2.45) is 0 Å². The molecule has 1 aromatic heterocycles. The Morgan fingerprint density at radius 2 is 1.90 bits per heavy atom. The quantitative estimate of drug-likeness (QED) is 0.367. The lowest BCUT2D eigenvalue weighted by Crippen LogP contribution is -2.12. The number of fused-ring (bicyclic) bond motifs is 1. The van der Waals surface area contributed by atoms with E-state index >= 15 is 0 Å². The largest absolute Gasteiger partial charge is 0.494 e. The molecule has 0 aliphatic carbocycles. The minimum atomic E-state index is -0.200. The van der Waals surface area contributed by atoms with Gasteiger partial charge in [0.15, 0.2) is 5.58 Å². The minimum absolute atomic E-state index is 0.200. The van der Waals surface area contributed by atoms with E-state index in [1.807, 2.05) is 49.4 Å². The van der Waals surface area contributed by atoms with Gasteiger partial charge in [0.25, 0.3) is 5.91 Å². The Balaban J connectivity index is 1.57. The number of amides is 1. The number of nitrogens with one attached hydrogen (secondary N) is 1. The topological polar surface area (TPSA) is 64.4 Å². The number of aromatic nitrogens is 1. The second-order valence-electron chi connectivity index (χ2n) is 7.55. The zero-order valence-electron chi connectivity index (χ0n) is 18.0. The molecular weight excluding hydrogens is 388 g/mol. The fourth-order valence-electron chi connectivity index (χ4n) is 3.44. The Morgan fingerprint density at radius 1 is 1.06 bits per heavy atom. The van der Waals surface area contributed by atoms with Gasteiger partial charge in [-0.25, -0.2) is 4.98 Å². The highest BCUT2D eigenvalue weighted by Gasteiger charge is 2.13. The molecular formula is C26H26N2O3. The summed E-state index contributed by atoms with van der Waals surface area (Å²) < 4.78 is 11.5. The molecule has 31 heavy (non-hydrogen) atoms. The average Bonchev–Trinajstić information content (AvgIpc) is 3.22. The van der Waals surface area contributed by atoms with Crippen LogP contribution in [0.15, 0.2) is 71.1 Å². The van der Waals surface area contributed by atoms with Crippen molar-refractivity contribution in [1.82, 2.24) is 4.98 Å². The van der Waals surface area contributed by atoms with Gasteiger partial charge in [0.2, 0.25) is 5.89 Å². The van der Waals surface area contributed by atoms with E-state index in [2.05, 4.69) is 36.3 Å². The van der Waals surface area contributed by atoms with E-state index < -0.39 is 0 Å². The number of hydrogen-bond donors (Lipinski definition) is 1. The van der Waals surface area contributed by atoms with Crippen molar-refractivity contribution >= 4 is 22.7 Å². The van der Waals surface area contributed by atoms with Crippen molar-refractivity contribution in [1.29, 1.82) is 0 Å². The molecule has 0 aliphatic rings. The summed E-state index contributed by atoms with van der Waals surface area (Å²) in [7, 11) is 0. The van der Waals surface area contributed by atoms with Gasteiger partial charge >= 0.3 is 0 Å². The lowest BCUT2D eigenvalue weighted by atomic mass is 9.98. The summed E-state index contributed by atoms with van der Waals surface area (Å²) in [6, 6.07) is 20.8. The molecule has 0 spiro atoms. The number of carbonyl (C=O) groups excluding carboxylic acids is 1. The van der Waals surface area contributed by atoms with Gasteiger partial charge < -0.3 is 14.5 Å². The highest BCUT2D eigenvalue weighted by molar-refractivity contribution is 6.04. The standard InChI is InChI=1S/C26H26N2O3/c1-4-17(3)18-12-13-24-23(16-18)28-26(31-24)20-9-6-10-21(14-20)27-25(29)19-8-7-11-22(15-19)30-5-2/h6-17H,4-5H2,1-3H3,(H,27,29)/t17-/m0/s1. The number of nitrogens with zero attached hydrogens (tertiary/aromatic N) is 1. The van der Waals surface area contributed by atoms with Gasteiger partial charge in [-0.2, -0.15) is 0 Å². The molecule has 0 radical (unpaired) electrons. The third kappa shape index (κ3) is 4.61. The molecule has 5 nitrogen and oxygen atoms in total. The van der Waals surface area contributed by atoms with Crippen LogP contribution in [0.5, 0.6) is 5.75 Å². The monoisotopic (exact) mass is 414 g/mol. The van der Waals surface area contributed by atoms with E-state index in [0.29, 0.717) is 35.4 Å². The van der Waals surface area contributed by atoms with Crippen molar-refractivity contribution in [3.8, 4) is 17.2 Å². The van der Waals surface area contributed by atoms with Crippen LogP contribution in [0.1, 0.15) is 49.0 Å². The first-order valence-electron chi connectivity index (χ1n) is 10.6. The van der Waals surface area contributed by atoms with Gasteiger partial charge in [-0.3, -0.25) is 4.79 Å². The summed E-state index contributed by atoms with van der Waals surface area (Å²) >= 11 is 0. The van der Waals surface area contributed by atoms with E-state index in [-0.39, 0.29) is 5.91 Å². The molecule has 1 N–H and O–H groups in total. The van der Waals surface area contributed by atoms with E-state index in [9.17, 15) is 4.79 Å². The Labute approximate surface area is 182 Å². The lowest BCUT2D eigenvalue weighted by Gasteiger charge is -2.08. The normalized spacial score (nSPS) is 12.0. The van der Waals surface area contributed by atoms with Gasteiger partial charge in [0, 0.05) is 16.8 Å². The molecule has 1 atom stereocenters. The van der Waals surface area contributed by atoms with Gasteiger partial charge in [-0.05, 0) is 73.4 Å². The van der Waals surface area contributed by atoms with Crippen molar-refractivity contribution in [2.45, 2.75) is 33.1 Å². The predicted molar refractivity (Wildman–Crippen MR) is 124 cm³/mol. The second kappa shape index (κ2) is 9.04. The summed E-state index contributed by atoms with van der Waals surface area (Å²) in [6.07, 6.45) is 1.07. The van der Waals surface area contributed by atoms with Crippen LogP contribution in [0.2, 0.25) is 0 Å². The van der Waals surface area contributed by atoms with Crippen molar-refractivity contribution in [3.05, 3.63) is 77.9 Å². The van der Waals surface area contributed by atoms with E-state index in [1.165, 1.54) is 5.56 Å². The Hall–Kier alpha value is -3.60. The summed E-state index contributed by atoms with van der Waals surface area (Å²) in [5, 5.41) is 2.94. The fraction of sp³-hybridized carbons (Fsp3) is 0.231. The third-order valence-electron chi connectivity index (χ3n) is 5.37. The molecule has 158 valence electrons. The molecule has 0 unspecified atom stereocenters. The molecule has 0 fully saturated rings. The number of carbonyl (C=O) groups is 1. The number of hydrogen-bond acceptors (Lipinski definition) is 4. The number of ether oxygens (including phenoxy) is 1. The highest BCUT2D eigenvalue weighted by Crippen LogP contribution is 2.29. The van der Waals surface area contributed by atoms with Crippen LogP contribution < -0.4 is 10.1 Å². The first-order chi connectivity index (χ1) is 15.1. The van der Waals surface area contributed by atoms with Crippen molar-refractivity contribution in [3.63, 3.8) is 0 Å². The number of rotatable bonds is 7. The molecule has 1 amide bonds. The maximum atomic E-state index is 12.7. The lowest BCUT2D eigenvalue weighted by molar-refractivity contribution is 0.102. The van der Waals surface area contributed by atoms with E-state index in [1.54, 1.807) is 12.1 Å². The molecule has 4 rings (SSSR count). The first-order valence-corrected chi connectivity index (χ1v) is 10.6. The molecule has 1 heterocycles. The summed E-state index contributed by atoms with van der Waals surface area (Å²) in [5.41, 5.74) is 4.87. The molecule has 0 saturated carbocycles. The van der Waals surface area contributed by atoms with Gasteiger partial charge in [0.05, 0.1) is 6.61 Å². The SMILES string of the molecule is CCOc1cccc(C(=O)Nc2cccc(-c3nc4cc([C@@H](C)CC)ccc4o3)c2)c1. The zero-order valence-corrected chi connectivity index (χ0v) is 18.0.